The lowest BCUT2D eigenvalue weighted by atomic mass is 9.87. The third kappa shape index (κ3) is 5.93. The average molecular weight is 416 g/mol. The Labute approximate surface area is 176 Å². The molecule has 0 fully saturated rings. The van der Waals surface area contributed by atoms with E-state index in [1.165, 1.54) is 36.8 Å². The summed E-state index contributed by atoms with van der Waals surface area (Å²) < 4.78 is 10.6. The number of aliphatic hydroxyl groups excluding tert-OH is 1. The lowest BCUT2D eigenvalue weighted by Gasteiger charge is -2.22. The molecule has 0 saturated carbocycles. The fourth-order valence-electron chi connectivity index (χ4n) is 2.88. The molecule has 2 aromatic rings. The zero-order valence-corrected chi connectivity index (χ0v) is 17.9. The second-order valence-electron chi connectivity index (χ2n) is 8.07. The molecule has 0 radical (unpaired) electrons. The Morgan fingerprint density at radius 2 is 1.83 bits per heavy atom. The van der Waals surface area contributed by atoms with E-state index in [0.29, 0.717) is 5.75 Å². The number of amides is 1. The van der Waals surface area contributed by atoms with Gasteiger partial charge in [-0.2, -0.15) is 0 Å². The van der Waals surface area contributed by atoms with Crippen LogP contribution in [0.1, 0.15) is 36.7 Å². The predicted octanol–water partition coefficient (Wildman–Crippen LogP) is 3.41. The second kappa shape index (κ2) is 9.58. The van der Waals surface area contributed by atoms with Crippen molar-refractivity contribution in [1.29, 1.82) is 0 Å². The molecule has 8 heteroatoms. The normalized spacial score (nSPS) is 12.2. The van der Waals surface area contributed by atoms with E-state index in [-0.39, 0.29) is 35.6 Å². The van der Waals surface area contributed by atoms with Crippen LogP contribution in [0.15, 0.2) is 42.5 Å². The first-order valence-corrected chi connectivity index (χ1v) is 9.52. The molecule has 0 aliphatic heterocycles. The van der Waals surface area contributed by atoms with Crippen molar-refractivity contribution >= 4 is 11.6 Å². The van der Waals surface area contributed by atoms with Gasteiger partial charge in [-0.05, 0) is 35.2 Å². The Morgan fingerprint density at radius 1 is 1.20 bits per heavy atom. The Bertz CT molecular complexity index is 889. The van der Waals surface area contributed by atoms with Gasteiger partial charge in [-0.3, -0.25) is 14.9 Å². The van der Waals surface area contributed by atoms with Crippen molar-refractivity contribution in [2.75, 3.05) is 27.3 Å². The molecule has 162 valence electrons. The smallest absolute Gasteiger partial charge is 0.311 e. The van der Waals surface area contributed by atoms with Gasteiger partial charge in [0.25, 0.3) is 5.91 Å². The van der Waals surface area contributed by atoms with Gasteiger partial charge in [-0.25, -0.2) is 0 Å². The highest BCUT2D eigenvalue weighted by molar-refractivity contribution is 5.95. The molecule has 1 amide bonds. The van der Waals surface area contributed by atoms with Gasteiger partial charge in [0.1, 0.15) is 18.5 Å². The zero-order chi connectivity index (χ0) is 22.5. The van der Waals surface area contributed by atoms with Crippen LogP contribution in [0, 0.1) is 10.1 Å². The predicted molar refractivity (Wildman–Crippen MR) is 113 cm³/mol. The molecule has 0 heterocycles. The van der Waals surface area contributed by atoms with Crippen LogP contribution in [0.2, 0.25) is 0 Å². The van der Waals surface area contributed by atoms with E-state index in [0.717, 1.165) is 6.07 Å². The molecular weight excluding hydrogens is 388 g/mol. The van der Waals surface area contributed by atoms with Crippen molar-refractivity contribution in [3.63, 3.8) is 0 Å². The SMILES string of the molecule is COc1ccc(C(=O)N(C)C[C@H](O)COc2ccc(C(C)(C)C)cc2)cc1[N+](=O)[O-]. The molecule has 2 aromatic carbocycles. The molecular formula is C22H28N2O6. The van der Waals surface area contributed by atoms with E-state index in [4.69, 9.17) is 9.47 Å². The summed E-state index contributed by atoms with van der Waals surface area (Å²) in [6, 6.07) is 11.6. The largest absolute Gasteiger partial charge is 0.491 e. The van der Waals surface area contributed by atoms with Crippen molar-refractivity contribution in [3.8, 4) is 11.5 Å². The minimum Gasteiger partial charge on any atom is -0.491 e. The van der Waals surface area contributed by atoms with E-state index in [1.54, 1.807) is 0 Å². The van der Waals surface area contributed by atoms with Crippen LogP contribution in [0.5, 0.6) is 11.5 Å². The molecule has 0 aliphatic carbocycles. The highest BCUT2D eigenvalue weighted by atomic mass is 16.6. The summed E-state index contributed by atoms with van der Waals surface area (Å²) in [4.78, 5) is 24.4. The van der Waals surface area contributed by atoms with Crippen molar-refractivity contribution in [2.24, 2.45) is 0 Å². The van der Waals surface area contributed by atoms with Gasteiger partial charge < -0.3 is 19.5 Å². The number of likely N-dealkylation sites (N-methyl/N-ethyl adjacent to an activating group) is 1. The minimum absolute atomic E-state index is 0.00917. The zero-order valence-electron chi connectivity index (χ0n) is 17.9. The number of nitro groups is 1. The molecule has 8 nitrogen and oxygen atoms in total. The molecule has 0 saturated heterocycles. The molecule has 0 aliphatic rings. The van der Waals surface area contributed by atoms with Crippen molar-refractivity contribution in [3.05, 3.63) is 63.7 Å². The lowest BCUT2D eigenvalue weighted by molar-refractivity contribution is -0.385. The maximum Gasteiger partial charge on any atom is 0.311 e. The van der Waals surface area contributed by atoms with Gasteiger partial charge in [0.2, 0.25) is 0 Å². The summed E-state index contributed by atoms with van der Waals surface area (Å²) in [5.74, 6) is 0.251. The maximum absolute atomic E-state index is 12.6. The second-order valence-corrected chi connectivity index (χ2v) is 8.07. The first-order valence-electron chi connectivity index (χ1n) is 9.52. The van der Waals surface area contributed by atoms with Gasteiger partial charge in [0.05, 0.1) is 12.0 Å². The topological polar surface area (TPSA) is 102 Å². The van der Waals surface area contributed by atoms with Gasteiger partial charge in [0, 0.05) is 25.2 Å². The number of ether oxygens (including phenoxy) is 2. The van der Waals surface area contributed by atoms with Crippen LogP contribution in [0.25, 0.3) is 0 Å². The fourth-order valence-corrected chi connectivity index (χ4v) is 2.88. The molecule has 1 atom stereocenters. The number of hydrogen-bond donors (Lipinski definition) is 1. The molecule has 0 aromatic heterocycles. The number of nitro benzene ring substituents is 1. The van der Waals surface area contributed by atoms with Crippen molar-refractivity contribution in [1.82, 2.24) is 4.90 Å². The van der Waals surface area contributed by atoms with E-state index in [2.05, 4.69) is 20.8 Å². The van der Waals surface area contributed by atoms with Gasteiger partial charge in [0.15, 0.2) is 5.75 Å². The number of carbonyl (C=O) groups excluding carboxylic acids is 1. The molecule has 0 spiro atoms. The summed E-state index contributed by atoms with van der Waals surface area (Å²) >= 11 is 0. The molecule has 0 unspecified atom stereocenters. The standard InChI is InChI=1S/C22H28N2O6/c1-22(2,3)16-7-9-18(10-8-16)30-14-17(25)13-23(4)21(26)15-6-11-20(29-5)19(12-15)24(27)28/h6-12,17,25H,13-14H2,1-5H3/t17-/m0/s1. The number of aliphatic hydroxyl groups is 1. The number of carbonyl (C=O) groups is 1. The molecule has 30 heavy (non-hydrogen) atoms. The molecule has 2 rings (SSSR count). The number of hydrogen-bond acceptors (Lipinski definition) is 6. The van der Waals surface area contributed by atoms with Crippen molar-refractivity contribution < 1.29 is 24.3 Å². The summed E-state index contributed by atoms with van der Waals surface area (Å²) in [5, 5.41) is 21.4. The van der Waals surface area contributed by atoms with Gasteiger partial charge in [-0.1, -0.05) is 32.9 Å². The van der Waals surface area contributed by atoms with Crippen LogP contribution >= 0.6 is 0 Å². The van der Waals surface area contributed by atoms with Crippen molar-refractivity contribution in [2.45, 2.75) is 32.3 Å². The summed E-state index contributed by atoms with van der Waals surface area (Å²) in [7, 11) is 2.84. The number of nitrogens with zero attached hydrogens (tertiary/aromatic N) is 2. The first-order chi connectivity index (χ1) is 14.0. The Hall–Kier alpha value is -3.13. The van der Waals surface area contributed by atoms with Crippen LogP contribution < -0.4 is 9.47 Å². The number of benzene rings is 2. The first kappa shape index (κ1) is 23.2. The Kier molecular flexibility index (Phi) is 7.39. The highest BCUT2D eigenvalue weighted by Gasteiger charge is 2.21. The van der Waals surface area contributed by atoms with E-state index >= 15 is 0 Å². The molecule has 1 N–H and O–H groups in total. The molecule has 0 bridgehead atoms. The quantitative estimate of drug-likeness (QED) is 0.523. The number of rotatable bonds is 8. The van der Waals surface area contributed by atoms with E-state index in [1.807, 2.05) is 24.3 Å². The van der Waals surface area contributed by atoms with Gasteiger partial charge in [-0.15, -0.1) is 0 Å². The van der Waals surface area contributed by atoms with E-state index < -0.39 is 16.9 Å². The van der Waals surface area contributed by atoms with Crippen LogP contribution in [0.3, 0.4) is 0 Å². The van der Waals surface area contributed by atoms with Crippen LogP contribution in [0.4, 0.5) is 5.69 Å². The summed E-state index contributed by atoms with van der Waals surface area (Å²) in [5.41, 5.74) is 1.06. The van der Waals surface area contributed by atoms with Gasteiger partial charge >= 0.3 is 5.69 Å². The number of methoxy groups -OCH3 is 1. The van der Waals surface area contributed by atoms with Crippen LogP contribution in [-0.2, 0) is 5.41 Å². The Morgan fingerprint density at radius 3 is 2.37 bits per heavy atom. The maximum atomic E-state index is 12.6. The third-order valence-corrected chi connectivity index (χ3v) is 4.62. The third-order valence-electron chi connectivity index (χ3n) is 4.62. The lowest BCUT2D eigenvalue weighted by Crippen LogP contribution is -2.37. The monoisotopic (exact) mass is 416 g/mol. The highest BCUT2D eigenvalue weighted by Crippen LogP contribution is 2.28. The average Bonchev–Trinajstić information content (AvgIpc) is 2.70. The fraction of sp³-hybridized carbons (Fsp3) is 0.409. The van der Waals surface area contributed by atoms with E-state index in [9.17, 15) is 20.0 Å². The Balaban J connectivity index is 1.95. The minimum atomic E-state index is -0.922. The summed E-state index contributed by atoms with van der Waals surface area (Å²) in [6.45, 7) is 6.39. The summed E-state index contributed by atoms with van der Waals surface area (Å²) in [6.07, 6.45) is -0.922. The van der Waals surface area contributed by atoms with Crippen LogP contribution in [-0.4, -0.2) is 54.3 Å².